The van der Waals surface area contributed by atoms with Gasteiger partial charge in [0.1, 0.15) is 5.75 Å². The average molecular weight is 438 g/mol. The number of benzene rings is 2. The molecule has 0 aromatic heterocycles. The van der Waals surface area contributed by atoms with E-state index in [1.54, 1.807) is 12.1 Å². The molecule has 7 heteroatoms. The molecule has 0 aliphatic rings. The van der Waals surface area contributed by atoms with Crippen molar-refractivity contribution < 1.29 is 14.6 Å². The number of ether oxygens (including phenoxy) is 1. The van der Waals surface area contributed by atoms with Crippen LogP contribution in [0, 0.1) is 3.57 Å². The van der Waals surface area contributed by atoms with Crippen LogP contribution in [-0.2, 0) is 4.79 Å². The fourth-order valence-electron chi connectivity index (χ4n) is 1.51. The third-order valence-corrected chi connectivity index (χ3v) is 3.78. The Morgan fingerprint density at radius 2 is 1.76 bits per heavy atom. The number of halogens is 3. The molecule has 2 N–H and O–H groups in total. The van der Waals surface area contributed by atoms with E-state index in [4.69, 9.17) is 27.9 Å². The summed E-state index contributed by atoms with van der Waals surface area (Å²) in [7, 11) is 0. The van der Waals surface area contributed by atoms with Gasteiger partial charge >= 0.3 is 0 Å². The van der Waals surface area contributed by atoms with Gasteiger partial charge in [-0.15, -0.1) is 0 Å². The number of amides is 1. The van der Waals surface area contributed by atoms with E-state index < -0.39 is 0 Å². The number of hydrogen-bond acceptors (Lipinski definition) is 3. The standard InChI is InChI=1S/C14H10Cl2INO3/c15-11-5-9(6-12(16)14(11)20)18-13(19)7-21-10-3-1-8(17)2-4-10/h1-6,20H,7H2,(H,18,19). The highest BCUT2D eigenvalue weighted by Crippen LogP contribution is 2.34. The second-order valence-electron chi connectivity index (χ2n) is 4.08. The Morgan fingerprint density at radius 3 is 2.33 bits per heavy atom. The van der Waals surface area contributed by atoms with Gasteiger partial charge < -0.3 is 15.2 Å². The molecule has 0 atom stereocenters. The van der Waals surface area contributed by atoms with E-state index in [0.717, 1.165) is 3.57 Å². The van der Waals surface area contributed by atoms with Gasteiger partial charge in [-0.25, -0.2) is 0 Å². The fourth-order valence-corrected chi connectivity index (χ4v) is 2.36. The topological polar surface area (TPSA) is 58.6 Å². The molecule has 4 nitrogen and oxygen atoms in total. The Hall–Kier alpha value is -1.18. The second-order valence-corrected chi connectivity index (χ2v) is 6.14. The SMILES string of the molecule is O=C(COc1ccc(I)cc1)Nc1cc(Cl)c(O)c(Cl)c1. The molecule has 2 aromatic carbocycles. The molecular formula is C14H10Cl2INO3. The summed E-state index contributed by atoms with van der Waals surface area (Å²) in [6.07, 6.45) is 0. The van der Waals surface area contributed by atoms with Gasteiger partial charge in [-0.1, -0.05) is 23.2 Å². The number of carbonyl (C=O) groups is 1. The Morgan fingerprint density at radius 1 is 1.19 bits per heavy atom. The lowest BCUT2D eigenvalue weighted by molar-refractivity contribution is -0.118. The van der Waals surface area contributed by atoms with Gasteiger partial charge in [0.25, 0.3) is 5.91 Å². The van der Waals surface area contributed by atoms with Crippen molar-refractivity contribution in [3.8, 4) is 11.5 Å². The van der Waals surface area contributed by atoms with E-state index in [1.807, 2.05) is 12.1 Å². The van der Waals surface area contributed by atoms with Crippen molar-refractivity contribution in [3.05, 3.63) is 50.0 Å². The van der Waals surface area contributed by atoms with Crippen LogP contribution in [0.1, 0.15) is 0 Å². The van der Waals surface area contributed by atoms with Crippen LogP contribution in [0.25, 0.3) is 0 Å². The summed E-state index contributed by atoms with van der Waals surface area (Å²) in [4.78, 5) is 11.8. The molecule has 0 aliphatic carbocycles. The lowest BCUT2D eigenvalue weighted by atomic mass is 10.3. The van der Waals surface area contributed by atoms with Crippen molar-refractivity contribution in [2.24, 2.45) is 0 Å². The maximum Gasteiger partial charge on any atom is 0.262 e. The fraction of sp³-hybridized carbons (Fsp3) is 0.0714. The lowest BCUT2D eigenvalue weighted by Crippen LogP contribution is -2.20. The van der Waals surface area contributed by atoms with Gasteiger partial charge in [0.2, 0.25) is 0 Å². The smallest absolute Gasteiger partial charge is 0.262 e. The van der Waals surface area contributed by atoms with E-state index in [0.29, 0.717) is 11.4 Å². The minimum absolute atomic E-state index is 0.0661. The van der Waals surface area contributed by atoms with Gasteiger partial charge in [-0.3, -0.25) is 4.79 Å². The summed E-state index contributed by atoms with van der Waals surface area (Å²) in [5, 5.41) is 12.2. The number of hydrogen-bond donors (Lipinski definition) is 2. The number of carbonyl (C=O) groups excluding carboxylic acids is 1. The summed E-state index contributed by atoms with van der Waals surface area (Å²) in [5.74, 6) is 0.0326. The Bertz CT molecular complexity index is 639. The monoisotopic (exact) mass is 437 g/mol. The summed E-state index contributed by atoms with van der Waals surface area (Å²) in [6.45, 7) is -0.142. The summed E-state index contributed by atoms with van der Waals surface area (Å²) < 4.78 is 6.43. The van der Waals surface area contributed by atoms with Crippen molar-refractivity contribution in [1.82, 2.24) is 0 Å². The highest BCUT2D eigenvalue weighted by Gasteiger charge is 2.09. The van der Waals surface area contributed by atoms with E-state index in [2.05, 4.69) is 27.9 Å². The van der Waals surface area contributed by atoms with Crippen LogP contribution in [0.5, 0.6) is 11.5 Å². The minimum Gasteiger partial charge on any atom is -0.505 e. The van der Waals surface area contributed by atoms with Crippen LogP contribution in [-0.4, -0.2) is 17.6 Å². The van der Waals surface area contributed by atoms with Gasteiger partial charge in [-0.2, -0.15) is 0 Å². The zero-order valence-electron chi connectivity index (χ0n) is 10.6. The van der Waals surface area contributed by atoms with Gasteiger partial charge in [0.05, 0.1) is 10.0 Å². The van der Waals surface area contributed by atoms with E-state index in [1.165, 1.54) is 12.1 Å². The minimum atomic E-state index is -0.355. The predicted molar refractivity (Wildman–Crippen MR) is 91.4 cm³/mol. The number of anilines is 1. The molecule has 0 spiro atoms. The highest BCUT2D eigenvalue weighted by molar-refractivity contribution is 14.1. The number of phenolic OH excluding ortho intramolecular Hbond substituents is 1. The zero-order valence-corrected chi connectivity index (χ0v) is 14.2. The quantitative estimate of drug-likeness (QED) is 0.553. The zero-order chi connectivity index (χ0) is 15.4. The second kappa shape index (κ2) is 7.20. The van der Waals surface area contributed by atoms with Gasteiger partial charge in [-0.05, 0) is 59.0 Å². The molecule has 1 amide bonds. The number of aromatic hydroxyl groups is 1. The largest absolute Gasteiger partial charge is 0.505 e. The molecule has 2 aromatic rings. The molecule has 0 bridgehead atoms. The third-order valence-electron chi connectivity index (χ3n) is 2.48. The van der Waals surface area contributed by atoms with Crippen LogP contribution in [0.2, 0.25) is 10.0 Å². The van der Waals surface area contributed by atoms with Gasteiger partial charge in [0.15, 0.2) is 12.4 Å². The maximum absolute atomic E-state index is 11.8. The predicted octanol–water partition coefficient (Wildman–Crippen LogP) is 4.32. The van der Waals surface area contributed by atoms with Crippen LogP contribution >= 0.6 is 45.8 Å². The molecule has 110 valence electrons. The van der Waals surface area contributed by atoms with Crippen LogP contribution < -0.4 is 10.1 Å². The molecule has 0 saturated heterocycles. The Balaban J connectivity index is 1.94. The molecule has 0 heterocycles. The number of phenols is 1. The summed E-state index contributed by atoms with van der Waals surface area (Å²) in [6, 6.07) is 10.1. The molecule has 21 heavy (non-hydrogen) atoms. The lowest BCUT2D eigenvalue weighted by Gasteiger charge is -2.09. The molecular weight excluding hydrogens is 428 g/mol. The normalized spacial score (nSPS) is 10.2. The average Bonchev–Trinajstić information content (AvgIpc) is 2.44. The van der Waals surface area contributed by atoms with E-state index >= 15 is 0 Å². The van der Waals surface area contributed by atoms with Crippen molar-refractivity contribution >= 4 is 57.4 Å². The first-order valence-corrected chi connectivity index (χ1v) is 7.65. The number of nitrogens with one attached hydrogen (secondary N) is 1. The highest BCUT2D eigenvalue weighted by atomic mass is 127. The molecule has 0 fully saturated rings. The first-order valence-electron chi connectivity index (χ1n) is 5.82. The van der Waals surface area contributed by atoms with E-state index in [9.17, 15) is 9.90 Å². The first kappa shape index (κ1) is 16.2. The van der Waals surface area contributed by atoms with Crippen molar-refractivity contribution in [3.63, 3.8) is 0 Å². The summed E-state index contributed by atoms with van der Waals surface area (Å²) in [5.41, 5.74) is 0.388. The molecule has 0 unspecified atom stereocenters. The maximum atomic E-state index is 11.8. The van der Waals surface area contributed by atoms with Crippen molar-refractivity contribution in [1.29, 1.82) is 0 Å². The summed E-state index contributed by atoms with van der Waals surface area (Å²) >= 11 is 13.7. The van der Waals surface area contributed by atoms with Crippen LogP contribution in [0.4, 0.5) is 5.69 Å². The van der Waals surface area contributed by atoms with Crippen molar-refractivity contribution in [2.45, 2.75) is 0 Å². The number of rotatable bonds is 4. The van der Waals surface area contributed by atoms with Crippen LogP contribution in [0.3, 0.4) is 0 Å². The first-order chi connectivity index (χ1) is 9.95. The van der Waals surface area contributed by atoms with Crippen LogP contribution in [0.15, 0.2) is 36.4 Å². The Labute approximate surface area is 145 Å². The third kappa shape index (κ3) is 4.66. The molecule has 2 rings (SSSR count). The molecule has 0 aliphatic heterocycles. The van der Waals surface area contributed by atoms with E-state index in [-0.39, 0.29) is 28.3 Å². The Kier molecular flexibility index (Phi) is 5.55. The van der Waals surface area contributed by atoms with Crippen molar-refractivity contribution in [2.75, 3.05) is 11.9 Å². The van der Waals surface area contributed by atoms with Gasteiger partial charge in [0, 0.05) is 9.26 Å². The molecule has 0 saturated carbocycles. The molecule has 0 radical (unpaired) electrons.